The first kappa shape index (κ1) is 17.1. The topological polar surface area (TPSA) is 82.4 Å². The Bertz CT molecular complexity index is 681. The number of carboxylic acid groups (broad SMARTS) is 1. The van der Waals surface area contributed by atoms with Gasteiger partial charge in [0.2, 0.25) is 0 Å². The number of amides is 1. The molecule has 1 aromatic carbocycles. The molecule has 0 spiro atoms. The molecule has 0 bridgehead atoms. The van der Waals surface area contributed by atoms with E-state index in [0.717, 1.165) is 5.56 Å². The molecule has 1 heterocycles. The van der Waals surface area contributed by atoms with Crippen molar-refractivity contribution < 1.29 is 19.1 Å². The molecule has 0 radical (unpaired) electrons. The van der Waals surface area contributed by atoms with E-state index in [0.29, 0.717) is 29.3 Å². The van der Waals surface area contributed by atoms with E-state index >= 15 is 0 Å². The molecule has 0 saturated heterocycles. The predicted octanol–water partition coefficient (Wildman–Crippen LogP) is 1.86. The monoisotopic (exact) mass is 332 g/mol. The lowest BCUT2D eigenvalue weighted by Crippen LogP contribution is -2.48. The summed E-state index contributed by atoms with van der Waals surface area (Å²) in [5.74, 6) is -0.107. The molecule has 1 amide bonds. The highest BCUT2D eigenvalue weighted by atomic mass is 32.2. The van der Waals surface area contributed by atoms with Crippen molar-refractivity contribution in [3.63, 3.8) is 0 Å². The van der Waals surface area contributed by atoms with E-state index in [1.807, 2.05) is 36.6 Å². The van der Waals surface area contributed by atoms with E-state index in [1.54, 1.807) is 13.0 Å². The van der Waals surface area contributed by atoms with Crippen molar-refractivity contribution in [2.24, 2.45) is 0 Å². The fraction of sp³-hybridized carbons (Fsp3) is 0.294. The average Bonchev–Trinajstić information content (AvgIpc) is 2.94. The maximum Gasteiger partial charge on any atom is 0.255 e. The van der Waals surface area contributed by atoms with E-state index in [1.165, 1.54) is 11.8 Å². The third-order valence-corrected chi connectivity index (χ3v) is 4.07. The summed E-state index contributed by atoms with van der Waals surface area (Å²) < 4.78 is 5.62. The van der Waals surface area contributed by atoms with Crippen LogP contribution in [-0.2, 0) is 4.79 Å². The van der Waals surface area contributed by atoms with Crippen molar-refractivity contribution in [2.45, 2.75) is 19.4 Å². The Morgan fingerprint density at radius 3 is 2.61 bits per heavy atom. The van der Waals surface area contributed by atoms with Crippen LogP contribution in [0.2, 0.25) is 0 Å². The van der Waals surface area contributed by atoms with E-state index < -0.39 is 17.9 Å². The van der Waals surface area contributed by atoms with Gasteiger partial charge in [-0.2, -0.15) is 11.8 Å². The quantitative estimate of drug-likeness (QED) is 0.837. The third kappa shape index (κ3) is 4.39. The molecule has 2 aromatic rings. The van der Waals surface area contributed by atoms with Gasteiger partial charge in [-0.3, -0.25) is 4.79 Å². The highest BCUT2D eigenvalue weighted by Crippen LogP contribution is 2.25. The normalized spacial score (nSPS) is 11.9. The van der Waals surface area contributed by atoms with Crippen LogP contribution in [0.25, 0.3) is 11.3 Å². The Hall–Kier alpha value is -2.21. The van der Waals surface area contributed by atoms with Gasteiger partial charge in [-0.25, -0.2) is 0 Å². The summed E-state index contributed by atoms with van der Waals surface area (Å²) in [5.41, 5.74) is 1.19. The summed E-state index contributed by atoms with van der Waals surface area (Å²) in [6, 6.07) is 10.0. The lowest BCUT2D eigenvalue weighted by atomic mass is 10.1. The predicted molar refractivity (Wildman–Crippen MR) is 88.1 cm³/mol. The average molecular weight is 332 g/mol. The number of carbonyl (C=O) groups is 2. The highest BCUT2D eigenvalue weighted by molar-refractivity contribution is 7.98. The van der Waals surface area contributed by atoms with Gasteiger partial charge in [0.25, 0.3) is 5.91 Å². The van der Waals surface area contributed by atoms with Gasteiger partial charge < -0.3 is 19.6 Å². The van der Waals surface area contributed by atoms with Gasteiger partial charge in [0.1, 0.15) is 11.5 Å². The Morgan fingerprint density at radius 1 is 1.30 bits per heavy atom. The molecule has 0 unspecified atom stereocenters. The van der Waals surface area contributed by atoms with E-state index in [-0.39, 0.29) is 0 Å². The summed E-state index contributed by atoms with van der Waals surface area (Å²) in [5, 5.41) is 13.6. The minimum absolute atomic E-state index is 0.317. The van der Waals surface area contributed by atoms with Gasteiger partial charge in [0.05, 0.1) is 17.6 Å². The molecular weight excluding hydrogens is 314 g/mol. The first-order valence-electron chi connectivity index (χ1n) is 7.19. The number of rotatable bonds is 7. The Labute approximate surface area is 139 Å². The number of thioether (sulfide) groups is 1. The first-order valence-corrected chi connectivity index (χ1v) is 8.59. The Balaban J connectivity index is 2.16. The van der Waals surface area contributed by atoms with Crippen LogP contribution in [0.15, 0.2) is 40.8 Å². The van der Waals surface area contributed by atoms with Crippen LogP contribution in [0.4, 0.5) is 0 Å². The molecule has 1 N–H and O–H groups in total. The van der Waals surface area contributed by atoms with E-state index in [2.05, 4.69) is 5.32 Å². The number of nitrogens with one attached hydrogen (secondary N) is 1. The fourth-order valence-electron chi connectivity index (χ4n) is 2.17. The molecule has 2 rings (SSSR count). The Kier molecular flexibility index (Phi) is 5.87. The number of carbonyl (C=O) groups excluding carboxylic acids is 2. The number of aliphatic carboxylic acids is 1. The molecule has 0 aliphatic rings. The van der Waals surface area contributed by atoms with Crippen LogP contribution in [0.5, 0.6) is 0 Å². The third-order valence-electron chi connectivity index (χ3n) is 3.42. The van der Waals surface area contributed by atoms with Crippen LogP contribution in [-0.4, -0.2) is 29.9 Å². The van der Waals surface area contributed by atoms with Crippen LogP contribution < -0.4 is 10.4 Å². The van der Waals surface area contributed by atoms with Crippen LogP contribution >= 0.6 is 11.8 Å². The molecule has 0 aliphatic carbocycles. The largest absolute Gasteiger partial charge is 0.548 e. The second-order valence-electron chi connectivity index (χ2n) is 5.07. The lowest BCUT2D eigenvalue weighted by molar-refractivity contribution is -0.308. The summed E-state index contributed by atoms with van der Waals surface area (Å²) in [6.07, 6.45) is 2.19. The van der Waals surface area contributed by atoms with Gasteiger partial charge in [-0.05, 0) is 31.4 Å². The molecule has 1 aromatic heterocycles. The van der Waals surface area contributed by atoms with Crippen molar-refractivity contribution in [1.29, 1.82) is 0 Å². The van der Waals surface area contributed by atoms with Crippen LogP contribution in [0.3, 0.4) is 0 Å². The maximum absolute atomic E-state index is 12.3. The Morgan fingerprint density at radius 2 is 2.00 bits per heavy atom. The molecule has 0 fully saturated rings. The summed E-state index contributed by atoms with van der Waals surface area (Å²) in [6.45, 7) is 1.68. The molecular formula is C17H18NO4S-. The van der Waals surface area contributed by atoms with Crippen molar-refractivity contribution in [3.8, 4) is 11.3 Å². The maximum atomic E-state index is 12.3. The number of carboxylic acids is 1. The molecule has 5 nitrogen and oxygen atoms in total. The molecule has 122 valence electrons. The number of hydrogen-bond donors (Lipinski definition) is 1. The van der Waals surface area contributed by atoms with Crippen molar-refractivity contribution >= 4 is 23.6 Å². The van der Waals surface area contributed by atoms with Gasteiger partial charge >= 0.3 is 0 Å². The van der Waals surface area contributed by atoms with E-state index in [4.69, 9.17) is 4.42 Å². The van der Waals surface area contributed by atoms with Crippen molar-refractivity contribution in [3.05, 3.63) is 47.7 Å². The number of furan rings is 1. The molecule has 0 saturated carbocycles. The summed E-state index contributed by atoms with van der Waals surface area (Å²) in [7, 11) is 0. The van der Waals surface area contributed by atoms with Gasteiger partial charge in [-0.1, -0.05) is 30.3 Å². The van der Waals surface area contributed by atoms with Gasteiger partial charge in [-0.15, -0.1) is 0 Å². The molecule has 0 aliphatic heterocycles. The highest BCUT2D eigenvalue weighted by Gasteiger charge is 2.19. The smallest absolute Gasteiger partial charge is 0.255 e. The fourth-order valence-corrected chi connectivity index (χ4v) is 2.64. The van der Waals surface area contributed by atoms with Gasteiger partial charge in [0.15, 0.2) is 0 Å². The second-order valence-corrected chi connectivity index (χ2v) is 6.06. The van der Waals surface area contributed by atoms with E-state index in [9.17, 15) is 14.7 Å². The zero-order valence-electron chi connectivity index (χ0n) is 13.0. The summed E-state index contributed by atoms with van der Waals surface area (Å²) >= 11 is 1.51. The molecule has 6 heteroatoms. The SMILES string of the molecule is CSCC[C@@H](NC(=O)c1cc(-c2ccccc2)oc1C)C(=O)[O-]. The number of aryl methyl sites for hydroxylation is 1. The number of benzene rings is 1. The summed E-state index contributed by atoms with van der Waals surface area (Å²) in [4.78, 5) is 23.4. The molecule has 1 atom stereocenters. The first-order chi connectivity index (χ1) is 11.0. The minimum atomic E-state index is -1.28. The van der Waals surface area contributed by atoms with Crippen LogP contribution in [0, 0.1) is 6.92 Å². The zero-order chi connectivity index (χ0) is 16.8. The standard InChI is InChI=1S/C17H19NO4S/c1-11-13(10-15(22-11)12-6-4-3-5-7-12)16(19)18-14(17(20)21)8-9-23-2/h3-7,10,14H,8-9H2,1-2H3,(H,18,19)(H,20,21)/p-1/t14-/m1/s1. The minimum Gasteiger partial charge on any atom is -0.548 e. The number of hydrogen-bond acceptors (Lipinski definition) is 5. The van der Waals surface area contributed by atoms with Crippen molar-refractivity contribution in [2.75, 3.05) is 12.0 Å². The van der Waals surface area contributed by atoms with Crippen LogP contribution in [0.1, 0.15) is 22.5 Å². The molecule has 23 heavy (non-hydrogen) atoms. The van der Waals surface area contributed by atoms with Crippen molar-refractivity contribution in [1.82, 2.24) is 5.32 Å². The van der Waals surface area contributed by atoms with Gasteiger partial charge in [0, 0.05) is 5.56 Å². The zero-order valence-corrected chi connectivity index (χ0v) is 13.8. The second kappa shape index (κ2) is 7.87. The lowest BCUT2D eigenvalue weighted by Gasteiger charge is -2.18.